The summed E-state index contributed by atoms with van der Waals surface area (Å²) < 4.78 is 5.33. The van der Waals surface area contributed by atoms with Gasteiger partial charge in [0.2, 0.25) is 0 Å². The van der Waals surface area contributed by atoms with E-state index < -0.39 is 0 Å². The lowest BCUT2D eigenvalue weighted by Crippen LogP contribution is -2.17. The second-order valence-electron chi connectivity index (χ2n) is 4.72. The van der Waals surface area contributed by atoms with E-state index in [1.54, 1.807) is 18.9 Å². The van der Waals surface area contributed by atoms with Crippen LogP contribution in [0, 0.1) is 6.92 Å². The summed E-state index contributed by atoms with van der Waals surface area (Å²) in [4.78, 5) is 1.29. The first-order valence-corrected chi connectivity index (χ1v) is 7.87. The van der Waals surface area contributed by atoms with E-state index >= 15 is 0 Å². The number of hydrogen-bond donors (Lipinski definition) is 1. The molecule has 0 radical (unpaired) electrons. The van der Waals surface area contributed by atoms with E-state index in [1.807, 2.05) is 13.1 Å². The molecule has 3 heteroatoms. The first-order valence-electron chi connectivity index (χ1n) is 6.65. The van der Waals surface area contributed by atoms with Crippen LogP contribution in [0.25, 0.3) is 0 Å². The normalized spacial score (nSPS) is 12.2. The quantitative estimate of drug-likeness (QED) is 0.839. The molecule has 0 heterocycles. The topological polar surface area (TPSA) is 21.3 Å². The Kier molecular flexibility index (Phi) is 5.10. The summed E-state index contributed by atoms with van der Waals surface area (Å²) in [7, 11) is 3.70. The summed E-state index contributed by atoms with van der Waals surface area (Å²) in [5, 5.41) is 3.39. The highest BCUT2D eigenvalue weighted by molar-refractivity contribution is 7.98. The molecule has 0 spiro atoms. The molecule has 1 N–H and O–H groups in total. The highest BCUT2D eigenvalue weighted by Crippen LogP contribution is 2.27. The van der Waals surface area contributed by atoms with Crippen LogP contribution < -0.4 is 10.1 Å². The Morgan fingerprint density at radius 1 is 1.05 bits per heavy atom. The summed E-state index contributed by atoms with van der Waals surface area (Å²) in [5.41, 5.74) is 3.68. The highest BCUT2D eigenvalue weighted by Gasteiger charge is 2.13. The number of methoxy groups -OCH3 is 1. The number of benzene rings is 2. The number of rotatable bonds is 5. The molecule has 1 atom stereocenters. The van der Waals surface area contributed by atoms with Gasteiger partial charge in [0.05, 0.1) is 13.2 Å². The van der Waals surface area contributed by atoms with Crippen molar-refractivity contribution in [3.8, 4) is 5.75 Å². The van der Waals surface area contributed by atoms with Gasteiger partial charge in [-0.2, -0.15) is 0 Å². The molecule has 106 valence electrons. The monoisotopic (exact) mass is 287 g/mol. The lowest BCUT2D eigenvalue weighted by atomic mass is 9.97. The van der Waals surface area contributed by atoms with E-state index in [2.05, 4.69) is 54.9 Å². The van der Waals surface area contributed by atoms with Crippen LogP contribution in [0.2, 0.25) is 0 Å². The van der Waals surface area contributed by atoms with Crippen LogP contribution in [-0.4, -0.2) is 20.4 Å². The Hall–Kier alpha value is -1.45. The molecule has 0 aromatic heterocycles. The highest BCUT2D eigenvalue weighted by atomic mass is 32.2. The van der Waals surface area contributed by atoms with Gasteiger partial charge in [-0.1, -0.05) is 24.3 Å². The third-order valence-electron chi connectivity index (χ3n) is 3.49. The minimum Gasteiger partial charge on any atom is -0.496 e. The Balaban J connectivity index is 2.33. The molecule has 0 fully saturated rings. The maximum absolute atomic E-state index is 5.33. The van der Waals surface area contributed by atoms with Crippen molar-refractivity contribution in [1.82, 2.24) is 5.32 Å². The molecule has 2 rings (SSSR count). The number of nitrogens with one attached hydrogen (secondary N) is 1. The van der Waals surface area contributed by atoms with Crippen LogP contribution in [0.1, 0.15) is 22.7 Å². The zero-order valence-corrected chi connectivity index (χ0v) is 13.3. The first kappa shape index (κ1) is 14.9. The molecule has 0 aliphatic carbocycles. The molecule has 0 bridgehead atoms. The van der Waals surface area contributed by atoms with Crippen molar-refractivity contribution in [3.05, 3.63) is 59.2 Å². The number of ether oxygens (including phenoxy) is 1. The minimum absolute atomic E-state index is 0.204. The lowest BCUT2D eigenvalue weighted by Gasteiger charge is -2.19. The van der Waals surface area contributed by atoms with E-state index in [0.29, 0.717) is 0 Å². The largest absolute Gasteiger partial charge is 0.496 e. The van der Waals surface area contributed by atoms with Crippen LogP contribution in [0.15, 0.2) is 47.4 Å². The van der Waals surface area contributed by atoms with Crippen molar-refractivity contribution in [3.63, 3.8) is 0 Å². The second kappa shape index (κ2) is 6.82. The van der Waals surface area contributed by atoms with Gasteiger partial charge < -0.3 is 10.1 Å². The van der Waals surface area contributed by atoms with Gasteiger partial charge in [0, 0.05) is 4.90 Å². The van der Waals surface area contributed by atoms with Gasteiger partial charge in [0.1, 0.15) is 5.75 Å². The Labute approximate surface area is 125 Å². The van der Waals surface area contributed by atoms with Gasteiger partial charge >= 0.3 is 0 Å². The first-order chi connectivity index (χ1) is 9.69. The van der Waals surface area contributed by atoms with E-state index in [1.165, 1.54) is 16.0 Å². The Morgan fingerprint density at radius 2 is 1.70 bits per heavy atom. The molecular weight excluding hydrogens is 266 g/mol. The van der Waals surface area contributed by atoms with Crippen LogP contribution in [0.5, 0.6) is 5.75 Å². The summed E-state index contributed by atoms with van der Waals surface area (Å²) in [5.74, 6) is 0.932. The molecule has 0 saturated heterocycles. The van der Waals surface area contributed by atoms with Crippen molar-refractivity contribution in [2.45, 2.75) is 17.9 Å². The molecule has 0 aliphatic rings. The van der Waals surface area contributed by atoms with E-state index in [-0.39, 0.29) is 6.04 Å². The summed E-state index contributed by atoms with van der Waals surface area (Å²) in [6.07, 6.45) is 2.09. The lowest BCUT2D eigenvalue weighted by molar-refractivity contribution is 0.411. The fourth-order valence-electron chi connectivity index (χ4n) is 2.40. The zero-order valence-electron chi connectivity index (χ0n) is 12.4. The SMILES string of the molecule is CNC(c1ccc(SC)cc1)c1ccc(OC)c(C)c1. The van der Waals surface area contributed by atoms with Crippen LogP contribution >= 0.6 is 11.8 Å². The van der Waals surface area contributed by atoms with Gasteiger partial charge in [0.25, 0.3) is 0 Å². The van der Waals surface area contributed by atoms with Gasteiger partial charge in [0.15, 0.2) is 0 Å². The fraction of sp³-hybridized carbons (Fsp3) is 0.294. The van der Waals surface area contributed by atoms with Gasteiger partial charge in [-0.25, -0.2) is 0 Å². The van der Waals surface area contributed by atoms with E-state index in [9.17, 15) is 0 Å². The molecule has 2 aromatic rings. The summed E-state index contributed by atoms with van der Waals surface area (Å²) in [6.45, 7) is 2.08. The van der Waals surface area contributed by atoms with Gasteiger partial charge in [-0.15, -0.1) is 11.8 Å². The maximum Gasteiger partial charge on any atom is 0.121 e. The minimum atomic E-state index is 0.204. The fourth-order valence-corrected chi connectivity index (χ4v) is 2.81. The summed E-state index contributed by atoms with van der Waals surface area (Å²) >= 11 is 1.76. The Morgan fingerprint density at radius 3 is 2.20 bits per heavy atom. The van der Waals surface area contributed by atoms with E-state index in [4.69, 9.17) is 4.74 Å². The third-order valence-corrected chi connectivity index (χ3v) is 4.23. The number of hydrogen-bond acceptors (Lipinski definition) is 3. The van der Waals surface area contributed by atoms with Crippen molar-refractivity contribution >= 4 is 11.8 Å². The maximum atomic E-state index is 5.33. The number of thioether (sulfide) groups is 1. The summed E-state index contributed by atoms with van der Waals surface area (Å²) in [6, 6.07) is 15.2. The standard InChI is InChI=1S/C17H21NOS/c1-12-11-14(7-10-16(12)19-3)17(18-2)13-5-8-15(20-4)9-6-13/h5-11,17-18H,1-4H3. The number of aryl methyl sites for hydroxylation is 1. The molecular formula is C17H21NOS. The van der Waals surface area contributed by atoms with Crippen LogP contribution in [0.3, 0.4) is 0 Å². The van der Waals surface area contributed by atoms with Gasteiger partial charge in [-0.05, 0) is 55.1 Å². The molecule has 20 heavy (non-hydrogen) atoms. The van der Waals surface area contributed by atoms with Crippen molar-refractivity contribution in [2.75, 3.05) is 20.4 Å². The van der Waals surface area contributed by atoms with Crippen molar-refractivity contribution in [2.24, 2.45) is 0 Å². The molecule has 2 nitrogen and oxygen atoms in total. The van der Waals surface area contributed by atoms with Crippen LogP contribution in [-0.2, 0) is 0 Å². The van der Waals surface area contributed by atoms with Crippen molar-refractivity contribution < 1.29 is 4.74 Å². The molecule has 1 unspecified atom stereocenters. The molecule has 2 aromatic carbocycles. The zero-order chi connectivity index (χ0) is 14.5. The molecule has 0 amide bonds. The third kappa shape index (κ3) is 3.17. The predicted octanol–water partition coefficient (Wildman–Crippen LogP) is 4.03. The molecule has 0 saturated carbocycles. The van der Waals surface area contributed by atoms with Crippen LogP contribution in [0.4, 0.5) is 0 Å². The molecule has 0 aliphatic heterocycles. The predicted molar refractivity (Wildman–Crippen MR) is 86.9 cm³/mol. The van der Waals surface area contributed by atoms with Crippen molar-refractivity contribution in [1.29, 1.82) is 0 Å². The second-order valence-corrected chi connectivity index (χ2v) is 5.60. The average Bonchev–Trinajstić information content (AvgIpc) is 2.49. The Bertz CT molecular complexity index is 566. The average molecular weight is 287 g/mol. The smallest absolute Gasteiger partial charge is 0.121 e. The van der Waals surface area contributed by atoms with E-state index in [0.717, 1.165) is 11.3 Å². The van der Waals surface area contributed by atoms with Gasteiger partial charge in [-0.3, -0.25) is 0 Å².